The molecule has 2 fully saturated rings. The lowest BCUT2D eigenvalue weighted by Crippen LogP contribution is -2.45. The maximum Gasteiger partial charge on any atom is 0.358 e. The molecule has 128 valence electrons. The van der Waals surface area contributed by atoms with E-state index < -0.39 is 49.5 Å². The van der Waals surface area contributed by atoms with Crippen molar-refractivity contribution in [2.24, 2.45) is 11.8 Å². The van der Waals surface area contributed by atoms with Gasteiger partial charge in [0.15, 0.2) is 6.17 Å². The van der Waals surface area contributed by atoms with Gasteiger partial charge in [-0.05, 0) is 18.8 Å². The van der Waals surface area contributed by atoms with E-state index in [4.69, 9.17) is 0 Å². The highest BCUT2D eigenvalue weighted by molar-refractivity contribution is 4.88. The number of halogens is 5. The Bertz CT molecular complexity index is 314. The first-order valence-electron chi connectivity index (χ1n) is 7.27. The fraction of sp³-hybridized carbons (Fsp3) is 1.00. The van der Waals surface area contributed by atoms with Crippen LogP contribution in [-0.4, -0.2) is 36.2 Å². The molecule has 2 rings (SSSR count). The summed E-state index contributed by atoms with van der Waals surface area (Å²) >= 11 is 0. The van der Waals surface area contributed by atoms with Gasteiger partial charge in [-0.25, -0.2) is 13.2 Å². The van der Waals surface area contributed by atoms with Gasteiger partial charge in [0, 0.05) is 14.3 Å². The average molecular weight is 320 g/mol. The van der Waals surface area contributed by atoms with Crippen LogP contribution >= 0.6 is 0 Å². The minimum atomic E-state index is -3.38. The molecule has 0 heterocycles. The van der Waals surface area contributed by atoms with Crippen LogP contribution in [0.15, 0.2) is 0 Å². The second-order valence-electron chi connectivity index (χ2n) is 6.21. The quantitative estimate of drug-likeness (QED) is 0.724. The van der Waals surface area contributed by atoms with Crippen molar-refractivity contribution >= 4 is 0 Å². The zero-order chi connectivity index (χ0) is 14.9. The maximum atomic E-state index is 14.0. The van der Waals surface area contributed by atoms with Crippen LogP contribution in [0.1, 0.15) is 46.9 Å². The van der Waals surface area contributed by atoms with Crippen molar-refractivity contribution in [3.8, 4) is 0 Å². The first-order chi connectivity index (χ1) is 9.29. The maximum absolute atomic E-state index is 14.0. The van der Waals surface area contributed by atoms with Gasteiger partial charge >= 0.3 is 6.11 Å². The fourth-order valence-electron chi connectivity index (χ4n) is 3.10. The van der Waals surface area contributed by atoms with Crippen molar-refractivity contribution in [3.63, 3.8) is 0 Å². The molecule has 2 N–H and O–H groups in total. The molecule has 0 spiro atoms. The van der Waals surface area contributed by atoms with Crippen molar-refractivity contribution in [2.75, 3.05) is 0 Å². The molecule has 0 aromatic carbocycles. The molecule has 0 bridgehead atoms. The van der Waals surface area contributed by atoms with Gasteiger partial charge in [-0.3, -0.25) is 0 Å². The summed E-state index contributed by atoms with van der Waals surface area (Å²) in [5.41, 5.74) is 0. The highest BCUT2D eigenvalue weighted by Gasteiger charge is 2.47. The van der Waals surface area contributed by atoms with E-state index in [2.05, 4.69) is 4.74 Å². The van der Waals surface area contributed by atoms with E-state index >= 15 is 0 Å². The second-order valence-corrected chi connectivity index (χ2v) is 6.21. The van der Waals surface area contributed by atoms with Gasteiger partial charge in [0.05, 0.1) is 12.0 Å². The molecule has 0 aromatic rings. The van der Waals surface area contributed by atoms with Crippen molar-refractivity contribution in [1.29, 1.82) is 0 Å². The van der Waals surface area contributed by atoms with E-state index in [1.165, 1.54) is 0 Å². The van der Waals surface area contributed by atoms with Crippen LogP contribution in [0.25, 0.3) is 0 Å². The Morgan fingerprint density at radius 2 is 1.43 bits per heavy atom. The van der Waals surface area contributed by atoms with Crippen molar-refractivity contribution in [1.82, 2.24) is 0 Å². The van der Waals surface area contributed by atoms with Gasteiger partial charge in [-0.1, -0.05) is 19.8 Å². The molecule has 21 heavy (non-hydrogen) atoms. The number of rotatable bonds is 3. The zero-order valence-electron chi connectivity index (χ0n) is 12.0. The van der Waals surface area contributed by atoms with Crippen LogP contribution in [0.5, 0.6) is 0 Å². The summed E-state index contributed by atoms with van der Waals surface area (Å²) in [6.45, 7) is 2.01. The predicted molar refractivity (Wildman–Crippen MR) is 70.6 cm³/mol. The summed E-state index contributed by atoms with van der Waals surface area (Å²) in [5.74, 6) is -0.479. The Morgan fingerprint density at radius 3 is 1.90 bits per heavy atom. The van der Waals surface area contributed by atoms with E-state index in [0.717, 1.165) is 0 Å². The Kier molecular flexibility index (Phi) is 6.40. The number of hydrogen-bond donors (Lipinski definition) is 0. The lowest BCUT2D eigenvalue weighted by molar-refractivity contribution is -0.306. The van der Waals surface area contributed by atoms with Gasteiger partial charge in [0.25, 0.3) is 0 Å². The fourth-order valence-corrected chi connectivity index (χ4v) is 3.10. The summed E-state index contributed by atoms with van der Waals surface area (Å²) in [7, 11) is 0. The van der Waals surface area contributed by atoms with Crippen molar-refractivity contribution < 1.29 is 33.6 Å². The minimum absolute atomic E-state index is 0. The molecule has 7 heteroatoms. The molecular formula is C14H25F5O2. The normalized spacial score (nSPS) is 41.4. The Labute approximate surface area is 122 Å². The van der Waals surface area contributed by atoms with Gasteiger partial charge in [0.2, 0.25) is 0 Å². The summed E-state index contributed by atoms with van der Waals surface area (Å²) in [6, 6.07) is 0. The first kappa shape index (κ1) is 18.6. The third-order valence-corrected chi connectivity index (χ3v) is 4.48. The summed E-state index contributed by atoms with van der Waals surface area (Å²) in [5, 5.41) is 0. The molecule has 2 aliphatic carbocycles. The zero-order valence-corrected chi connectivity index (χ0v) is 12.0. The van der Waals surface area contributed by atoms with Gasteiger partial charge in [-0.2, -0.15) is 8.78 Å². The first-order valence-corrected chi connectivity index (χ1v) is 7.27. The van der Waals surface area contributed by atoms with E-state index in [-0.39, 0.29) is 6.90 Å². The molecule has 2 unspecified atom stereocenters. The number of alkyl halides is 5. The Morgan fingerprint density at radius 1 is 0.952 bits per heavy atom. The molecule has 2 nitrogen and oxygen atoms in total. The van der Waals surface area contributed by atoms with Gasteiger partial charge in [-0.15, -0.1) is 0 Å². The van der Waals surface area contributed by atoms with E-state index in [1.807, 2.05) is 6.92 Å². The molecule has 0 radical (unpaired) electrons. The molecular weight excluding hydrogens is 295 g/mol. The lowest BCUT2D eigenvalue weighted by Gasteiger charge is -2.37. The third kappa shape index (κ3) is 4.52. The van der Waals surface area contributed by atoms with E-state index in [9.17, 15) is 22.0 Å². The smallest absolute Gasteiger partial charge is 0.358 e. The van der Waals surface area contributed by atoms with Gasteiger partial charge < -0.3 is 10.2 Å². The standard InChI is InChI=1S/C14H21F5O.H2O.H2/c1-8-2-4-9(5-3-8)14(18,19)20-10-6-11(15)13(17)12(16)7-10;;/h8-13H,2-7H2,1H3;1H2;1H. The highest BCUT2D eigenvalue weighted by Crippen LogP contribution is 2.42. The Balaban J connectivity index is 0.00000220. The lowest BCUT2D eigenvalue weighted by atomic mass is 9.82. The van der Waals surface area contributed by atoms with E-state index in [1.54, 1.807) is 0 Å². The van der Waals surface area contributed by atoms with E-state index in [0.29, 0.717) is 31.6 Å². The molecule has 0 saturated heterocycles. The third-order valence-electron chi connectivity index (χ3n) is 4.48. The number of ether oxygens (including phenoxy) is 1. The molecule has 2 atom stereocenters. The second kappa shape index (κ2) is 7.22. The van der Waals surface area contributed by atoms with Crippen LogP contribution in [0.4, 0.5) is 22.0 Å². The van der Waals surface area contributed by atoms with Crippen LogP contribution in [0.2, 0.25) is 0 Å². The predicted octanol–water partition coefficient (Wildman–Crippen LogP) is 4.02. The van der Waals surface area contributed by atoms with Crippen LogP contribution in [-0.2, 0) is 4.74 Å². The minimum Gasteiger partial charge on any atom is -0.412 e. The van der Waals surface area contributed by atoms with Crippen LogP contribution < -0.4 is 0 Å². The summed E-state index contributed by atoms with van der Waals surface area (Å²) in [6.07, 6.45) is -9.86. The largest absolute Gasteiger partial charge is 0.412 e. The van der Waals surface area contributed by atoms with Crippen molar-refractivity contribution in [2.45, 2.75) is 76.2 Å². The summed E-state index contributed by atoms with van der Waals surface area (Å²) in [4.78, 5) is 0. The SMILES string of the molecule is CC1CCC(C(F)(F)OC2CC(F)C(F)C(F)C2)CC1.O.[HH]. The summed E-state index contributed by atoms with van der Waals surface area (Å²) < 4.78 is 72.1. The molecule has 2 aliphatic rings. The van der Waals surface area contributed by atoms with Crippen molar-refractivity contribution in [3.05, 3.63) is 0 Å². The Hall–Kier alpha value is -0.430. The molecule has 0 aromatic heterocycles. The highest BCUT2D eigenvalue weighted by atomic mass is 19.3. The van der Waals surface area contributed by atoms with Gasteiger partial charge in [0.1, 0.15) is 12.3 Å². The molecule has 0 aliphatic heterocycles. The number of hydrogen-bond acceptors (Lipinski definition) is 1. The monoisotopic (exact) mass is 320 g/mol. The average Bonchev–Trinajstić information content (AvgIpc) is 2.36. The molecule has 0 amide bonds. The van der Waals surface area contributed by atoms with Crippen LogP contribution in [0.3, 0.4) is 0 Å². The molecule has 2 saturated carbocycles. The topological polar surface area (TPSA) is 40.7 Å². The van der Waals surface area contributed by atoms with Crippen LogP contribution in [0, 0.1) is 11.8 Å².